The van der Waals surface area contributed by atoms with Gasteiger partial charge in [0.2, 0.25) is 0 Å². The Morgan fingerprint density at radius 1 is 1.50 bits per heavy atom. The van der Waals surface area contributed by atoms with Gasteiger partial charge in [0.1, 0.15) is 0 Å². The van der Waals surface area contributed by atoms with Gasteiger partial charge in [-0.2, -0.15) is 0 Å². The Morgan fingerprint density at radius 3 is 2.90 bits per heavy atom. The third-order valence-corrected chi connectivity index (χ3v) is 1.37. The van der Waals surface area contributed by atoms with E-state index in [9.17, 15) is 0 Å². The van der Waals surface area contributed by atoms with Crippen LogP contribution in [0.15, 0.2) is 24.3 Å². The lowest BCUT2D eigenvalue weighted by Gasteiger charge is -1.97. The molecule has 10 heavy (non-hydrogen) atoms. The maximum absolute atomic E-state index is 8.56. The van der Waals surface area contributed by atoms with Crippen LogP contribution in [0.5, 0.6) is 0 Å². The maximum atomic E-state index is 8.56. The van der Waals surface area contributed by atoms with E-state index in [0.717, 1.165) is 5.56 Å². The SMILES string of the molecule is Cc1cccc([CH]CO)c1. The molecule has 0 unspecified atom stereocenters. The molecule has 1 N–H and O–H groups in total. The molecule has 1 radical (unpaired) electrons. The number of aryl methyl sites for hydroxylation is 1. The van der Waals surface area contributed by atoms with Crippen molar-refractivity contribution in [2.24, 2.45) is 0 Å². The van der Waals surface area contributed by atoms with E-state index in [1.165, 1.54) is 5.56 Å². The molecule has 53 valence electrons. The molecule has 0 spiro atoms. The molecule has 0 aliphatic carbocycles. The van der Waals surface area contributed by atoms with Crippen molar-refractivity contribution in [1.82, 2.24) is 0 Å². The van der Waals surface area contributed by atoms with E-state index in [-0.39, 0.29) is 6.61 Å². The van der Waals surface area contributed by atoms with Gasteiger partial charge in [-0.1, -0.05) is 29.8 Å². The predicted octanol–water partition coefficient (Wildman–Crippen LogP) is 1.54. The van der Waals surface area contributed by atoms with Gasteiger partial charge in [-0.15, -0.1) is 0 Å². The summed E-state index contributed by atoms with van der Waals surface area (Å²) >= 11 is 0. The number of rotatable bonds is 2. The highest BCUT2D eigenvalue weighted by atomic mass is 16.2. The standard InChI is InChI=1S/C9H11O/c1-8-3-2-4-9(7-8)5-6-10/h2-5,7,10H,6H2,1H3. The minimum absolute atomic E-state index is 0.115. The summed E-state index contributed by atoms with van der Waals surface area (Å²) in [5.74, 6) is 0. The van der Waals surface area contributed by atoms with Crippen molar-refractivity contribution in [1.29, 1.82) is 0 Å². The molecule has 0 aromatic heterocycles. The minimum Gasteiger partial charge on any atom is -0.396 e. The maximum Gasteiger partial charge on any atom is 0.0506 e. The van der Waals surface area contributed by atoms with Crippen LogP contribution in [-0.4, -0.2) is 11.7 Å². The fraction of sp³-hybridized carbons (Fsp3) is 0.222. The minimum atomic E-state index is 0.115. The predicted molar refractivity (Wildman–Crippen MR) is 41.7 cm³/mol. The highest BCUT2D eigenvalue weighted by molar-refractivity contribution is 5.27. The molecular formula is C9H11O. The van der Waals surface area contributed by atoms with E-state index in [1.54, 1.807) is 6.42 Å². The molecule has 1 aromatic carbocycles. The topological polar surface area (TPSA) is 20.2 Å². The number of benzene rings is 1. The van der Waals surface area contributed by atoms with Crippen LogP contribution < -0.4 is 0 Å². The summed E-state index contributed by atoms with van der Waals surface area (Å²) in [6.07, 6.45) is 1.78. The van der Waals surface area contributed by atoms with Gasteiger partial charge < -0.3 is 5.11 Å². The van der Waals surface area contributed by atoms with Gasteiger partial charge in [0.25, 0.3) is 0 Å². The fourth-order valence-corrected chi connectivity index (χ4v) is 0.902. The summed E-state index contributed by atoms with van der Waals surface area (Å²) in [5.41, 5.74) is 2.31. The first-order valence-corrected chi connectivity index (χ1v) is 3.33. The first-order chi connectivity index (χ1) is 4.83. The van der Waals surface area contributed by atoms with Gasteiger partial charge >= 0.3 is 0 Å². The average molecular weight is 135 g/mol. The van der Waals surface area contributed by atoms with Crippen LogP contribution in [0.4, 0.5) is 0 Å². The summed E-state index contributed by atoms with van der Waals surface area (Å²) in [4.78, 5) is 0. The Hall–Kier alpha value is -0.820. The average Bonchev–Trinajstić information content (AvgIpc) is 1.88. The van der Waals surface area contributed by atoms with Crippen LogP contribution in [0.2, 0.25) is 0 Å². The van der Waals surface area contributed by atoms with E-state index in [2.05, 4.69) is 0 Å². The van der Waals surface area contributed by atoms with Crippen LogP contribution in [0, 0.1) is 13.3 Å². The third kappa shape index (κ3) is 1.85. The van der Waals surface area contributed by atoms with Crippen LogP contribution in [0.1, 0.15) is 11.1 Å². The first-order valence-electron chi connectivity index (χ1n) is 3.33. The zero-order valence-corrected chi connectivity index (χ0v) is 6.04. The van der Waals surface area contributed by atoms with E-state index in [4.69, 9.17) is 5.11 Å². The van der Waals surface area contributed by atoms with Crippen LogP contribution in [0.25, 0.3) is 0 Å². The summed E-state index contributed by atoms with van der Waals surface area (Å²) in [6, 6.07) is 8.03. The number of aliphatic hydroxyl groups excluding tert-OH is 1. The lowest BCUT2D eigenvalue weighted by molar-refractivity contribution is 0.331. The Balaban J connectivity index is 2.75. The van der Waals surface area contributed by atoms with E-state index in [0.29, 0.717) is 0 Å². The van der Waals surface area contributed by atoms with Crippen molar-refractivity contribution in [2.75, 3.05) is 6.61 Å². The number of hydrogen-bond donors (Lipinski definition) is 1. The molecule has 0 saturated carbocycles. The highest BCUT2D eigenvalue weighted by Crippen LogP contribution is 2.04. The summed E-state index contributed by atoms with van der Waals surface area (Å²) in [5, 5.41) is 8.56. The zero-order valence-electron chi connectivity index (χ0n) is 6.04. The summed E-state index contributed by atoms with van der Waals surface area (Å²) in [7, 11) is 0. The van der Waals surface area contributed by atoms with Crippen LogP contribution in [0.3, 0.4) is 0 Å². The Labute approximate surface area is 61.3 Å². The number of aliphatic hydroxyl groups is 1. The third-order valence-electron chi connectivity index (χ3n) is 1.37. The lowest BCUT2D eigenvalue weighted by Crippen LogP contribution is -1.86. The van der Waals surface area contributed by atoms with E-state index < -0.39 is 0 Å². The molecular weight excluding hydrogens is 124 g/mol. The van der Waals surface area contributed by atoms with Gasteiger partial charge in [-0.25, -0.2) is 0 Å². The van der Waals surface area contributed by atoms with Gasteiger partial charge in [0, 0.05) is 6.42 Å². The molecule has 0 saturated heterocycles. The van der Waals surface area contributed by atoms with Crippen molar-refractivity contribution in [2.45, 2.75) is 6.92 Å². The van der Waals surface area contributed by atoms with E-state index in [1.807, 2.05) is 31.2 Å². The summed E-state index contributed by atoms with van der Waals surface area (Å²) < 4.78 is 0. The van der Waals surface area contributed by atoms with Gasteiger partial charge in [-0.3, -0.25) is 0 Å². The van der Waals surface area contributed by atoms with Crippen molar-refractivity contribution in [3.05, 3.63) is 41.8 Å². The van der Waals surface area contributed by atoms with Gasteiger partial charge in [-0.05, 0) is 12.5 Å². The second-order valence-electron chi connectivity index (χ2n) is 2.30. The van der Waals surface area contributed by atoms with Gasteiger partial charge in [0.15, 0.2) is 0 Å². The molecule has 0 aliphatic heterocycles. The molecule has 1 heteroatoms. The second kappa shape index (κ2) is 3.37. The molecule has 0 atom stereocenters. The molecule has 1 rings (SSSR count). The largest absolute Gasteiger partial charge is 0.396 e. The lowest BCUT2D eigenvalue weighted by atomic mass is 10.1. The molecule has 0 heterocycles. The first kappa shape index (κ1) is 7.29. The monoisotopic (exact) mass is 135 g/mol. The summed E-state index contributed by atoms with van der Waals surface area (Å²) in [6.45, 7) is 2.15. The molecule has 0 fully saturated rings. The Bertz CT molecular complexity index is 206. The zero-order chi connectivity index (χ0) is 7.40. The Kier molecular flexibility index (Phi) is 2.46. The molecule has 0 amide bonds. The normalized spacial score (nSPS) is 9.80. The van der Waals surface area contributed by atoms with Crippen molar-refractivity contribution >= 4 is 0 Å². The van der Waals surface area contributed by atoms with Crippen molar-refractivity contribution in [3.8, 4) is 0 Å². The van der Waals surface area contributed by atoms with Crippen LogP contribution >= 0.6 is 0 Å². The second-order valence-corrected chi connectivity index (χ2v) is 2.30. The molecule has 1 nitrogen and oxygen atoms in total. The molecule has 1 aromatic rings. The van der Waals surface area contributed by atoms with Gasteiger partial charge in [0.05, 0.1) is 6.61 Å². The van der Waals surface area contributed by atoms with Crippen LogP contribution in [-0.2, 0) is 0 Å². The fourth-order valence-electron chi connectivity index (χ4n) is 0.902. The number of hydrogen-bond acceptors (Lipinski definition) is 1. The van der Waals surface area contributed by atoms with Crippen molar-refractivity contribution in [3.63, 3.8) is 0 Å². The highest BCUT2D eigenvalue weighted by Gasteiger charge is 1.90. The Morgan fingerprint density at radius 2 is 2.30 bits per heavy atom. The quantitative estimate of drug-likeness (QED) is 0.652. The van der Waals surface area contributed by atoms with Crippen molar-refractivity contribution < 1.29 is 5.11 Å². The molecule has 0 bridgehead atoms. The molecule has 0 aliphatic rings. The van der Waals surface area contributed by atoms with E-state index >= 15 is 0 Å². The smallest absolute Gasteiger partial charge is 0.0506 e.